The van der Waals surface area contributed by atoms with Gasteiger partial charge in [-0.3, -0.25) is 4.57 Å². The van der Waals surface area contributed by atoms with Gasteiger partial charge >= 0.3 is 5.69 Å². The van der Waals surface area contributed by atoms with Crippen LogP contribution in [-0.4, -0.2) is 30.8 Å². The van der Waals surface area contributed by atoms with Crippen LogP contribution in [0.1, 0.15) is 5.56 Å². The van der Waals surface area contributed by atoms with E-state index in [0.29, 0.717) is 15.7 Å². The van der Waals surface area contributed by atoms with Gasteiger partial charge in [0.2, 0.25) is 0 Å². The zero-order valence-electron chi connectivity index (χ0n) is 9.36. The quantitative estimate of drug-likeness (QED) is 0.305. The van der Waals surface area contributed by atoms with Crippen LogP contribution < -0.4 is 11.4 Å². The van der Waals surface area contributed by atoms with Crippen LogP contribution in [0.15, 0.2) is 38.5 Å². The number of rotatable bonds is 3. The van der Waals surface area contributed by atoms with Crippen molar-refractivity contribution >= 4 is 17.6 Å². The van der Waals surface area contributed by atoms with Crippen molar-refractivity contribution < 1.29 is 5.21 Å². The number of hydrogen-bond acceptors (Lipinski definition) is 6. The first-order valence-electron chi connectivity index (χ1n) is 4.85. The molecule has 8 nitrogen and oxygen atoms in total. The van der Waals surface area contributed by atoms with E-state index in [2.05, 4.69) is 20.3 Å². The van der Waals surface area contributed by atoms with Crippen LogP contribution >= 0.6 is 11.8 Å². The standard InChI is InChI=1S/C9H10N6O2S/c1-15-8(16)12-13-9(15)18-6-3-2-5(4-11-6)7(10)14-17/h2-4,17H,1H3,(H2,10,14)(H,12,16). The molecule has 18 heavy (non-hydrogen) atoms. The van der Waals surface area contributed by atoms with Crippen LogP contribution in [0, 0.1) is 0 Å². The average molecular weight is 266 g/mol. The fourth-order valence-corrected chi connectivity index (χ4v) is 1.91. The molecule has 0 fully saturated rings. The first-order valence-corrected chi connectivity index (χ1v) is 5.66. The van der Waals surface area contributed by atoms with Crippen molar-refractivity contribution in [2.75, 3.05) is 0 Å². The Morgan fingerprint density at radius 2 is 2.39 bits per heavy atom. The van der Waals surface area contributed by atoms with Gasteiger partial charge in [0.05, 0.1) is 0 Å². The maximum atomic E-state index is 11.2. The van der Waals surface area contributed by atoms with Crippen molar-refractivity contribution in [3.8, 4) is 0 Å². The lowest BCUT2D eigenvalue weighted by Gasteiger charge is -2.01. The number of hydrogen-bond donors (Lipinski definition) is 3. The van der Waals surface area contributed by atoms with E-state index >= 15 is 0 Å². The molecule has 94 valence electrons. The van der Waals surface area contributed by atoms with Crippen molar-refractivity contribution in [3.63, 3.8) is 0 Å². The van der Waals surface area contributed by atoms with Crippen molar-refractivity contribution in [3.05, 3.63) is 34.4 Å². The molecule has 9 heteroatoms. The molecule has 0 unspecified atom stereocenters. The lowest BCUT2D eigenvalue weighted by molar-refractivity contribution is 0.318. The van der Waals surface area contributed by atoms with Gasteiger partial charge in [0, 0.05) is 18.8 Å². The molecule has 2 aromatic heterocycles. The van der Waals surface area contributed by atoms with E-state index in [4.69, 9.17) is 10.9 Å². The summed E-state index contributed by atoms with van der Waals surface area (Å²) >= 11 is 1.23. The molecule has 0 bridgehead atoms. The van der Waals surface area contributed by atoms with Gasteiger partial charge in [-0.1, -0.05) is 5.16 Å². The molecule has 2 heterocycles. The molecule has 0 aliphatic carbocycles. The monoisotopic (exact) mass is 266 g/mol. The number of oxime groups is 1. The normalized spacial score (nSPS) is 11.7. The van der Waals surface area contributed by atoms with Crippen LogP contribution in [0.2, 0.25) is 0 Å². The molecule has 0 aromatic carbocycles. The van der Waals surface area contributed by atoms with E-state index in [9.17, 15) is 4.79 Å². The largest absolute Gasteiger partial charge is 0.409 e. The summed E-state index contributed by atoms with van der Waals surface area (Å²) in [6, 6.07) is 3.35. The Kier molecular flexibility index (Phi) is 3.33. The fourth-order valence-electron chi connectivity index (χ4n) is 1.17. The van der Waals surface area contributed by atoms with E-state index in [1.807, 2.05) is 0 Å². The highest BCUT2D eigenvalue weighted by molar-refractivity contribution is 7.99. The molecule has 0 spiro atoms. The second-order valence-electron chi connectivity index (χ2n) is 3.34. The van der Waals surface area contributed by atoms with Crippen LogP contribution in [0.4, 0.5) is 0 Å². The molecule has 0 aliphatic heterocycles. The van der Waals surface area contributed by atoms with Crippen molar-refractivity contribution in [2.45, 2.75) is 10.2 Å². The molecule has 0 saturated carbocycles. The first kappa shape index (κ1) is 12.2. The van der Waals surface area contributed by atoms with Gasteiger partial charge in [0.15, 0.2) is 11.0 Å². The SMILES string of the molecule is Cn1c(Sc2ccc(C(N)=NO)cn2)n[nH]c1=O. The summed E-state index contributed by atoms with van der Waals surface area (Å²) in [5.74, 6) is -0.00813. The van der Waals surface area contributed by atoms with Crippen LogP contribution in [0.3, 0.4) is 0 Å². The third-order valence-electron chi connectivity index (χ3n) is 2.17. The summed E-state index contributed by atoms with van der Waals surface area (Å²) in [7, 11) is 1.61. The van der Waals surface area contributed by atoms with Gasteiger partial charge in [-0.25, -0.2) is 14.9 Å². The van der Waals surface area contributed by atoms with E-state index < -0.39 is 0 Å². The van der Waals surface area contributed by atoms with Gasteiger partial charge < -0.3 is 10.9 Å². The zero-order chi connectivity index (χ0) is 13.1. The van der Waals surface area contributed by atoms with Crippen molar-refractivity contribution in [1.82, 2.24) is 19.7 Å². The smallest absolute Gasteiger partial charge is 0.343 e. The average Bonchev–Trinajstić information content (AvgIpc) is 2.71. The van der Waals surface area contributed by atoms with E-state index in [1.54, 1.807) is 19.2 Å². The van der Waals surface area contributed by atoms with Gasteiger partial charge in [0.1, 0.15) is 5.03 Å². The highest BCUT2D eigenvalue weighted by atomic mass is 32.2. The maximum Gasteiger partial charge on any atom is 0.343 e. The zero-order valence-corrected chi connectivity index (χ0v) is 10.2. The van der Waals surface area contributed by atoms with E-state index in [-0.39, 0.29) is 11.5 Å². The Labute approximate surface area is 106 Å². The predicted octanol–water partition coefficient (Wildman–Crippen LogP) is -0.251. The Morgan fingerprint density at radius 3 is 2.89 bits per heavy atom. The number of H-pyrrole nitrogens is 1. The van der Waals surface area contributed by atoms with Gasteiger partial charge in [0.25, 0.3) is 0 Å². The third-order valence-corrected chi connectivity index (χ3v) is 3.17. The minimum absolute atomic E-state index is 0.00813. The summed E-state index contributed by atoms with van der Waals surface area (Å²) < 4.78 is 1.38. The van der Waals surface area contributed by atoms with Gasteiger partial charge in [-0.2, -0.15) is 0 Å². The minimum Gasteiger partial charge on any atom is -0.409 e. The molecule has 0 aliphatic rings. The highest BCUT2D eigenvalue weighted by Crippen LogP contribution is 2.22. The van der Waals surface area contributed by atoms with Crippen LogP contribution in [0.5, 0.6) is 0 Å². The first-order chi connectivity index (χ1) is 8.61. The lowest BCUT2D eigenvalue weighted by atomic mass is 10.3. The third kappa shape index (κ3) is 2.35. The number of pyridine rings is 1. The number of nitrogens with zero attached hydrogens (tertiary/aromatic N) is 4. The van der Waals surface area contributed by atoms with Crippen molar-refractivity contribution in [1.29, 1.82) is 0 Å². The van der Waals surface area contributed by atoms with E-state index in [0.717, 1.165) is 0 Å². The number of nitrogens with one attached hydrogen (secondary N) is 1. The number of nitrogens with two attached hydrogens (primary N) is 1. The minimum atomic E-state index is -0.286. The molecule has 4 N–H and O–H groups in total. The van der Waals surface area contributed by atoms with Gasteiger partial charge in [-0.05, 0) is 23.9 Å². The molecule has 2 rings (SSSR count). The molecule has 2 aromatic rings. The number of amidine groups is 1. The molecule has 0 atom stereocenters. The predicted molar refractivity (Wildman–Crippen MR) is 64.7 cm³/mol. The lowest BCUT2D eigenvalue weighted by Crippen LogP contribution is -2.13. The summed E-state index contributed by atoms with van der Waals surface area (Å²) in [4.78, 5) is 15.3. The summed E-state index contributed by atoms with van der Waals surface area (Å²) in [6.07, 6.45) is 1.47. The molecule has 0 amide bonds. The Bertz CT molecular complexity index is 629. The van der Waals surface area contributed by atoms with Crippen molar-refractivity contribution in [2.24, 2.45) is 17.9 Å². The molecular formula is C9H10N6O2S. The van der Waals surface area contributed by atoms with E-state index in [1.165, 1.54) is 22.5 Å². The Hall–Kier alpha value is -2.29. The second kappa shape index (κ2) is 4.92. The second-order valence-corrected chi connectivity index (χ2v) is 4.33. The van der Waals surface area contributed by atoms with Crippen LogP contribution in [-0.2, 0) is 7.05 Å². The van der Waals surface area contributed by atoms with Gasteiger partial charge in [-0.15, -0.1) is 5.10 Å². The fraction of sp³-hybridized carbons (Fsp3) is 0.111. The Balaban J connectivity index is 2.21. The van der Waals surface area contributed by atoms with Crippen LogP contribution in [0.25, 0.3) is 0 Å². The molecular weight excluding hydrogens is 256 g/mol. The number of aromatic nitrogens is 4. The highest BCUT2D eigenvalue weighted by Gasteiger charge is 2.07. The maximum absolute atomic E-state index is 11.2. The summed E-state index contributed by atoms with van der Waals surface area (Å²) in [5.41, 5.74) is 5.64. The Morgan fingerprint density at radius 1 is 1.61 bits per heavy atom. The summed E-state index contributed by atoms with van der Waals surface area (Å²) in [5, 5.41) is 18.7. The topological polar surface area (TPSA) is 122 Å². The molecule has 0 radical (unpaired) electrons. The summed E-state index contributed by atoms with van der Waals surface area (Å²) in [6.45, 7) is 0. The number of aromatic amines is 1. The molecule has 0 saturated heterocycles.